The highest BCUT2D eigenvalue weighted by Gasteiger charge is 2.08. The van der Waals surface area contributed by atoms with Gasteiger partial charge >= 0.3 is 0 Å². The fraction of sp³-hybridized carbons (Fsp3) is 0.0667. The van der Waals surface area contributed by atoms with Crippen molar-refractivity contribution in [3.05, 3.63) is 65.9 Å². The van der Waals surface area contributed by atoms with Gasteiger partial charge in [0.1, 0.15) is 0 Å². The van der Waals surface area contributed by atoms with Gasteiger partial charge in [-0.1, -0.05) is 36.4 Å². The lowest BCUT2D eigenvalue weighted by molar-refractivity contribution is 1.20. The van der Waals surface area contributed by atoms with Crippen LogP contribution in [0.2, 0.25) is 0 Å². The van der Waals surface area contributed by atoms with E-state index >= 15 is 0 Å². The van der Waals surface area contributed by atoms with Gasteiger partial charge in [0, 0.05) is 17.1 Å². The first kappa shape index (κ1) is 9.97. The van der Waals surface area contributed by atoms with Crippen LogP contribution in [0.5, 0.6) is 0 Å². The molecule has 2 nitrogen and oxygen atoms in total. The number of fused-ring (bicyclic) bond motifs is 1. The number of nitrogens with one attached hydrogen (secondary N) is 2. The normalized spacial score (nSPS) is 13.3. The summed E-state index contributed by atoms with van der Waals surface area (Å²) in [7, 11) is 0. The van der Waals surface area contributed by atoms with E-state index in [2.05, 4.69) is 53.1 Å². The Labute approximate surface area is 101 Å². The standard InChI is InChI=1S/C15H14N2/c1-2-7-13(8-3-1)17-14-10-12-6-4-5-9-15(12)16-11-14/h1-10,16-17H,11H2. The van der Waals surface area contributed by atoms with Crippen LogP contribution < -0.4 is 10.6 Å². The van der Waals surface area contributed by atoms with Crippen molar-refractivity contribution in [2.45, 2.75) is 0 Å². The summed E-state index contributed by atoms with van der Waals surface area (Å²) in [5.41, 5.74) is 4.75. The van der Waals surface area contributed by atoms with E-state index in [1.54, 1.807) is 0 Å². The zero-order valence-electron chi connectivity index (χ0n) is 9.48. The molecule has 2 aromatic carbocycles. The van der Waals surface area contributed by atoms with Gasteiger partial charge in [0.15, 0.2) is 0 Å². The van der Waals surface area contributed by atoms with Crippen molar-refractivity contribution in [3.8, 4) is 0 Å². The molecule has 0 radical (unpaired) electrons. The summed E-state index contributed by atoms with van der Waals surface area (Å²) in [5.74, 6) is 0. The Morgan fingerprint density at radius 3 is 2.53 bits per heavy atom. The van der Waals surface area contributed by atoms with Crippen molar-refractivity contribution in [3.63, 3.8) is 0 Å². The molecule has 0 bridgehead atoms. The molecule has 84 valence electrons. The highest BCUT2D eigenvalue weighted by molar-refractivity contribution is 5.74. The van der Waals surface area contributed by atoms with Gasteiger partial charge in [-0.3, -0.25) is 0 Å². The lowest BCUT2D eigenvalue weighted by Crippen LogP contribution is -2.15. The zero-order valence-corrected chi connectivity index (χ0v) is 9.48. The lowest BCUT2D eigenvalue weighted by atomic mass is 10.1. The first-order chi connectivity index (χ1) is 8.42. The zero-order chi connectivity index (χ0) is 11.5. The number of rotatable bonds is 2. The minimum absolute atomic E-state index is 0.839. The van der Waals surface area contributed by atoms with Gasteiger partial charge in [-0.15, -0.1) is 0 Å². The molecular weight excluding hydrogens is 208 g/mol. The Bertz CT molecular complexity index is 544. The Hall–Kier alpha value is -2.22. The summed E-state index contributed by atoms with van der Waals surface area (Å²) in [6, 6.07) is 18.6. The van der Waals surface area contributed by atoms with Gasteiger partial charge in [0.2, 0.25) is 0 Å². The molecule has 2 N–H and O–H groups in total. The van der Waals surface area contributed by atoms with Gasteiger partial charge < -0.3 is 10.6 Å². The number of hydrogen-bond acceptors (Lipinski definition) is 2. The summed E-state index contributed by atoms with van der Waals surface area (Å²) in [4.78, 5) is 0. The number of para-hydroxylation sites is 2. The first-order valence-corrected chi connectivity index (χ1v) is 5.77. The predicted octanol–water partition coefficient (Wildman–Crippen LogP) is 3.57. The third-order valence-electron chi connectivity index (χ3n) is 2.84. The highest BCUT2D eigenvalue weighted by atomic mass is 15.0. The summed E-state index contributed by atoms with van der Waals surface area (Å²) in [6.45, 7) is 0.839. The van der Waals surface area contributed by atoms with Crippen LogP contribution >= 0.6 is 0 Å². The van der Waals surface area contributed by atoms with Crippen molar-refractivity contribution in [2.24, 2.45) is 0 Å². The van der Waals surface area contributed by atoms with Crippen LogP contribution in [0.25, 0.3) is 6.08 Å². The molecule has 0 saturated carbocycles. The van der Waals surface area contributed by atoms with E-state index in [0.717, 1.165) is 12.2 Å². The predicted molar refractivity (Wildman–Crippen MR) is 73.0 cm³/mol. The average Bonchev–Trinajstić information content (AvgIpc) is 2.40. The smallest absolute Gasteiger partial charge is 0.0551 e. The molecule has 0 fully saturated rings. The molecule has 17 heavy (non-hydrogen) atoms. The van der Waals surface area contributed by atoms with E-state index in [1.165, 1.54) is 16.9 Å². The maximum atomic E-state index is 3.42. The minimum atomic E-state index is 0.839. The molecule has 1 aliphatic rings. The maximum Gasteiger partial charge on any atom is 0.0551 e. The van der Waals surface area contributed by atoms with Crippen molar-refractivity contribution >= 4 is 17.5 Å². The van der Waals surface area contributed by atoms with Crippen molar-refractivity contribution < 1.29 is 0 Å². The molecule has 0 spiro atoms. The van der Waals surface area contributed by atoms with E-state index in [-0.39, 0.29) is 0 Å². The number of anilines is 2. The topological polar surface area (TPSA) is 24.1 Å². The van der Waals surface area contributed by atoms with Crippen LogP contribution in [-0.4, -0.2) is 6.54 Å². The third kappa shape index (κ3) is 2.16. The summed E-state index contributed by atoms with van der Waals surface area (Å²) >= 11 is 0. The third-order valence-corrected chi connectivity index (χ3v) is 2.84. The quantitative estimate of drug-likeness (QED) is 0.811. The van der Waals surface area contributed by atoms with E-state index in [1.807, 2.05) is 18.2 Å². The number of hydrogen-bond donors (Lipinski definition) is 2. The molecule has 3 rings (SSSR count). The van der Waals surface area contributed by atoms with E-state index in [9.17, 15) is 0 Å². The molecule has 2 aromatic rings. The van der Waals surface area contributed by atoms with Gasteiger partial charge in [-0.2, -0.15) is 0 Å². The fourth-order valence-electron chi connectivity index (χ4n) is 2.00. The van der Waals surface area contributed by atoms with Gasteiger partial charge in [-0.25, -0.2) is 0 Å². The summed E-state index contributed by atoms with van der Waals surface area (Å²) in [5, 5.41) is 6.82. The van der Waals surface area contributed by atoms with Crippen LogP contribution in [0, 0.1) is 0 Å². The van der Waals surface area contributed by atoms with Crippen LogP contribution in [-0.2, 0) is 0 Å². The monoisotopic (exact) mass is 222 g/mol. The molecule has 1 heterocycles. The van der Waals surface area contributed by atoms with Gasteiger partial charge in [0.25, 0.3) is 0 Å². The second-order valence-corrected chi connectivity index (χ2v) is 4.10. The molecular formula is C15H14N2. The van der Waals surface area contributed by atoms with E-state index < -0.39 is 0 Å². The van der Waals surface area contributed by atoms with Crippen molar-refractivity contribution in [1.82, 2.24) is 0 Å². The molecule has 0 aromatic heterocycles. The molecule has 0 saturated heterocycles. The second-order valence-electron chi connectivity index (χ2n) is 4.10. The van der Waals surface area contributed by atoms with Crippen LogP contribution in [0.1, 0.15) is 5.56 Å². The van der Waals surface area contributed by atoms with Crippen LogP contribution in [0.15, 0.2) is 60.3 Å². The molecule has 0 amide bonds. The van der Waals surface area contributed by atoms with E-state index in [4.69, 9.17) is 0 Å². The Balaban J connectivity index is 1.85. The summed E-state index contributed by atoms with van der Waals surface area (Å²) in [6.07, 6.45) is 2.19. The Kier molecular flexibility index (Phi) is 2.54. The first-order valence-electron chi connectivity index (χ1n) is 5.77. The lowest BCUT2D eigenvalue weighted by Gasteiger charge is -2.19. The average molecular weight is 222 g/mol. The molecule has 0 aliphatic carbocycles. The van der Waals surface area contributed by atoms with Gasteiger partial charge in [-0.05, 0) is 29.8 Å². The van der Waals surface area contributed by atoms with Crippen LogP contribution in [0.3, 0.4) is 0 Å². The minimum Gasteiger partial charge on any atom is -0.379 e. The largest absolute Gasteiger partial charge is 0.379 e. The highest BCUT2D eigenvalue weighted by Crippen LogP contribution is 2.23. The summed E-state index contributed by atoms with van der Waals surface area (Å²) < 4.78 is 0. The Morgan fingerprint density at radius 2 is 1.65 bits per heavy atom. The SMILES string of the molecule is C1=C(Nc2ccccc2)CNc2ccccc21. The van der Waals surface area contributed by atoms with E-state index in [0.29, 0.717) is 0 Å². The van der Waals surface area contributed by atoms with Crippen molar-refractivity contribution in [1.29, 1.82) is 0 Å². The molecule has 2 heteroatoms. The molecule has 1 aliphatic heterocycles. The maximum absolute atomic E-state index is 3.42. The second kappa shape index (κ2) is 4.34. The molecule has 0 unspecified atom stereocenters. The fourth-order valence-corrected chi connectivity index (χ4v) is 2.00. The van der Waals surface area contributed by atoms with Gasteiger partial charge in [0.05, 0.1) is 6.54 Å². The molecule has 0 atom stereocenters. The van der Waals surface area contributed by atoms with Crippen LogP contribution in [0.4, 0.5) is 11.4 Å². The number of benzene rings is 2. The Morgan fingerprint density at radius 1 is 0.882 bits per heavy atom. The van der Waals surface area contributed by atoms with Crippen molar-refractivity contribution in [2.75, 3.05) is 17.2 Å².